The van der Waals surface area contributed by atoms with E-state index in [1.165, 1.54) is 12.0 Å². The lowest BCUT2D eigenvalue weighted by atomic mass is 10.0. The number of ether oxygens (including phenoxy) is 4. The molecule has 2 bridgehead atoms. The van der Waals surface area contributed by atoms with Crippen molar-refractivity contribution in [2.24, 2.45) is 5.92 Å². The van der Waals surface area contributed by atoms with Gasteiger partial charge in [-0.05, 0) is 36.2 Å². The molecule has 0 saturated carbocycles. The topological polar surface area (TPSA) is 146 Å². The zero-order valence-electron chi connectivity index (χ0n) is 27.5. The van der Waals surface area contributed by atoms with E-state index < -0.39 is 17.9 Å². The van der Waals surface area contributed by atoms with Gasteiger partial charge >= 0.3 is 0 Å². The number of fused-ring (bicyclic) bond motifs is 3. The van der Waals surface area contributed by atoms with Gasteiger partial charge in [-0.3, -0.25) is 14.4 Å². The molecule has 3 amide bonds. The van der Waals surface area contributed by atoms with Gasteiger partial charge in [-0.1, -0.05) is 50.2 Å². The highest BCUT2D eigenvalue weighted by Crippen LogP contribution is 2.29. The van der Waals surface area contributed by atoms with Crippen LogP contribution >= 0.6 is 0 Å². The Balaban J connectivity index is 1.46. The number of nitrogens with zero attached hydrogens (tertiary/aromatic N) is 4. The number of carbonyl (C=O) groups is 3. The molecule has 2 N–H and O–H groups in total. The number of hydrogen-bond acceptors (Lipinski definition) is 9. The van der Waals surface area contributed by atoms with Crippen LogP contribution in [0, 0.1) is 5.92 Å². The zero-order valence-corrected chi connectivity index (χ0v) is 27.5. The summed E-state index contributed by atoms with van der Waals surface area (Å²) in [5.41, 5.74) is 1.17. The Morgan fingerprint density at radius 2 is 1.75 bits per heavy atom. The van der Waals surface area contributed by atoms with Gasteiger partial charge < -0.3 is 34.5 Å². The normalized spacial score (nSPS) is 15.8. The van der Waals surface area contributed by atoms with Gasteiger partial charge in [0.1, 0.15) is 18.1 Å². The third kappa shape index (κ3) is 8.41. The Morgan fingerprint density at radius 1 is 0.958 bits per heavy atom. The first-order chi connectivity index (χ1) is 23.2. The maximum atomic E-state index is 13.6. The van der Waals surface area contributed by atoms with Crippen molar-refractivity contribution >= 4 is 17.7 Å². The van der Waals surface area contributed by atoms with Gasteiger partial charge in [0.2, 0.25) is 5.91 Å². The minimum absolute atomic E-state index is 0.0552. The number of hydrogen-bond donors (Lipinski definition) is 2. The van der Waals surface area contributed by atoms with Crippen LogP contribution in [0.15, 0.2) is 72.8 Å². The maximum absolute atomic E-state index is 13.6. The molecule has 0 unspecified atom stereocenters. The summed E-state index contributed by atoms with van der Waals surface area (Å²) in [6.07, 6.45) is 0. The molecule has 5 rings (SSSR count). The molecule has 3 aromatic carbocycles. The fourth-order valence-electron chi connectivity index (χ4n) is 5.18. The quantitative estimate of drug-likeness (QED) is 0.305. The zero-order chi connectivity index (χ0) is 34.0. The van der Waals surface area contributed by atoms with Crippen molar-refractivity contribution in [2.45, 2.75) is 26.4 Å². The summed E-state index contributed by atoms with van der Waals surface area (Å²) >= 11 is 0. The average molecular weight is 657 g/mol. The first-order valence-electron chi connectivity index (χ1n) is 15.7. The molecule has 1 aromatic heterocycles. The minimum Gasteiger partial charge on any atom is -0.497 e. The highest BCUT2D eigenvalue weighted by Gasteiger charge is 2.28. The monoisotopic (exact) mass is 656 g/mol. The SMILES string of the molecule is COc1cccc(OCC(=O)N2CCNC(=O)c3ccc(OC)c(c3)OCCn3nc(-c4ccccc4)nc3[C@@H](C(C)C)NC(=O)C2)c1. The van der Waals surface area contributed by atoms with Gasteiger partial charge in [0.25, 0.3) is 11.8 Å². The third-order valence-electron chi connectivity index (χ3n) is 7.74. The van der Waals surface area contributed by atoms with E-state index in [0.29, 0.717) is 46.8 Å². The van der Waals surface area contributed by atoms with Gasteiger partial charge in [-0.25, -0.2) is 9.67 Å². The molecule has 0 spiro atoms. The van der Waals surface area contributed by atoms with Crippen molar-refractivity contribution in [2.75, 3.05) is 47.1 Å². The van der Waals surface area contributed by atoms with Crippen LogP contribution in [0.2, 0.25) is 0 Å². The first-order valence-corrected chi connectivity index (χ1v) is 15.7. The molecule has 0 radical (unpaired) electrons. The molecule has 1 aliphatic heterocycles. The lowest BCUT2D eigenvalue weighted by Gasteiger charge is -2.26. The molecule has 48 heavy (non-hydrogen) atoms. The number of nitrogens with one attached hydrogen (secondary N) is 2. The van der Waals surface area contributed by atoms with Crippen LogP contribution in [-0.2, 0) is 16.1 Å². The molecule has 13 nitrogen and oxygen atoms in total. The fraction of sp³-hybridized carbons (Fsp3) is 0.343. The number of benzene rings is 3. The molecule has 2 heterocycles. The molecule has 4 aromatic rings. The molecule has 13 heteroatoms. The van der Waals surface area contributed by atoms with Crippen LogP contribution in [0.4, 0.5) is 0 Å². The second-order valence-corrected chi connectivity index (χ2v) is 11.4. The molecule has 1 aliphatic rings. The number of amides is 3. The Morgan fingerprint density at radius 3 is 2.50 bits per heavy atom. The van der Waals surface area contributed by atoms with Gasteiger partial charge in [-0.15, -0.1) is 0 Å². The summed E-state index contributed by atoms with van der Waals surface area (Å²) in [7, 11) is 3.07. The van der Waals surface area contributed by atoms with Gasteiger partial charge in [0.05, 0.1) is 33.4 Å². The second-order valence-electron chi connectivity index (χ2n) is 11.4. The maximum Gasteiger partial charge on any atom is 0.261 e. The Labute approximate surface area is 279 Å². The lowest BCUT2D eigenvalue weighted by Crippen LogP contribution is -2.47. The van der Waals surface area contributed by atoms with E-state index in [4.69, 9.17) is 29.0 Å². The number of aromatic nitrogens is 3. The molecule has 0 saturated heterocycles. The summed E-state index contributed by atoms with van der Waals surface area (Å²) < 4.78 is 24.3. The Bertz CT molecular complexity index is 1730. The van der Waals surface area contributed by atoms with Gasteiger partial charge in [0, 0.05) is 30.3 Å². The van der Waals surface area contributed by atoms with Crippen molar-refractivity contribution in [1.29, 1.82) is 0 Å². The van der Waals surface area contributed by atoms with Crippen LogP contribution in [-0.4, -0.2) is 84.5 Å². The molecular formula is C35H40N6O7. The smallest absolute Gasteiger partial charge is 0.261 e. The van der Waals surface area contributed by atoms with E-state index >= 15 is 0 Å². The summed E-state index contributed by atoms with van der Waals surface area (Å²) in [5, 5.41) is 10.7. The fourth-order valence-corrected chi connectivity index (χ4v) is 5.18. The largest absolute Gasteiger partial charge is 0.497 e. The standard InChI is InChI=1S/C35H40N6O7/c1-23(2)32-34-38-33(24-9-6-5-7-10-24)39-41(34)17-18-47-29-19-25(13-14-28(29)46-4)35(44)36-15-16-40(21-30(42)37-32)31(43)22-48-27-12-8-11-26(20-27)45-3/h5-14,19-20,23,32H,15-18,21-22H2,1-4H3,(H,36,44)(H,37,42)/t32-/m1/s1. The number of rotatable bonds is 7. The van der Waals surface area contributed by atoms with E-state index in [1.54, 1.807) is 54.3 Å². The van der Waals surface area contributed by atoms with Gasteiger partial charge in [0.15, 0.2) is 29.8 Å². The molecule has 1 atom stereocenters. The first kappa shape index (κ1) is 33.8. The van der Waals surface area contributed by atoms with E-state index in [9.17, 15) is 14.4 Å². The summed E-state index contributed by atoms with van der Waals surface area (Å²) in [4.78, 5) is 46.4. The Kier molecular flexibility index (Phi) is 11.1. The van der Waals surface area contributed by atoms with Crippen molar-refractivity contribution in [3.63, 3.8) is 0 Å². The summed E-state index contributed by atoms with van der Waals surface area (Å²) in [6.45, 7) is 3.97. The minimum atomic E-state index is -0.541. The average Bonchev–Trinajstić information content (AvgIpc) is 3.52. The van der Waals surface area contributed by atoms with Crippen LogP contribution in [0.25, 0.3) is 11.4 Å². The highest BCUT2D eigenvalue weighted by molar-refractivity contribution is 5.95. The molecule has 252 valence electrons. The molecule has 0 fully saturated rings. The highest BCUT2D eigenvalue weighted by atomic mass is 16.5. The molecular weight excluding hydrogens is 616 g/mol. The third-order valence-corrected chi connectivity index (χ3v) is 7.74. The van der Waals surface area contributed by atoms with Crippen molar-refractivity contribution in [3.8, 4) is 34.4 Å². The van der Waals surface area contributed by atoms with E-state index in [2.05, 4.69) is 10.6 Å². The number of carbonyl (C=O) groups excluding carboxylic acids is 3. The second kappa shape index (κ2) is 15.8. The summed E-state index contributed by atoms with van der Waals surface area (Å²) in [5.74, 6) is 1.63. The summed E-state index contributed by atoms with van der Waals surface area (Å²) in [6, 6.07) is 20.8. The molecule has 0 aliphatic carbocycles. The van der Waals surface area contributed by atoms with E-state index in [1.807, 2.05) is 44.2 Å². The van der Waals surface area contributed by atoms with E-state index in [-0.39, 0.29) is 44.7 Å². The van der Waals surface area contributed by atoms with Crippen LogP contribution < -0.4 is 29.6 Å². The predicted molar refractivity (Wildman–Crippen MR) is 177 cm³/mol. The van der Waals surface area contributed by atoms with E-state index in [0.717, 1.165) is 5.56 Å². The van der Waals surface area contributed by atoms with Crippen molar-refractivity contribution in [3.05, 3.63) is 84.2 Å². The van der Waals surface area contributed by atoms with Crippen molar-refractivity contribution < 1.29 is 33.3 Å². The van der Waals surface area contributed by atoms with Crippen LogP contribution in [0.1, 0.15) is 36.1 Å². The van der Waals surface area contributed by atoms with Crippen LogP contribution in [0.3, 0.4) is 0 Å². The van der Waals surface area contributed by atoms with Crippen molar-refractivity contribution in [1.82, 2.24) is 30.3 Å². The number of methoxy groups -OCH3 is 2. The predicted octanol–water partition coefficient (Wildman–Crippen LogP) is 3.51. The van der Waals surface area contributed by atoms with Gasteiger partial charge in [-0.2, -0.15) is 5.10 Å². The Hall–Kier alpha value is -5.59. The lowest BCUT2D eigenvalue weighted by molar-refractivity contribution is -0.138. The van der Waals surface area contributed by atoms with Crippen LogP contribution in [0.5, 0.6) is 23.0 Å².